The third-order valence-electron chi connectivity index (χ3n) is 4.46. The van der Waals surface area contributed by atoms with E-state index in [2.05, 4.69) is 0 Å². The molecule has 0 aromatic carbocycles. The maximum Gasteiger partial charge on any atom is 0.319 e. The first-order valence-corrected chi connectivity index (χ1v) is 7.57. The van der Waals surface area contributed by atoms with Crippen LogP contribution in [0.2, 0.25) is 0 Å². The minimum Gasteiger partial charge on any atom is -0.481 e. The summed E-state index contributed by atoms with van der Waals surface area (Å²) in [5.74, 6) is -0.280. The van der Waals surface area contributed by atoms with Gasteiger partial charge >= 0.3 is 12.0 Å². The Bertz CT molecular complexity index is 346. The first-order chi connectivity index (χ1) is 9.56. The van der Waals surface area contributed by atoms with Crippen molar-refractivity contribution in [1.82, 2.24) is 9.80 Å². The van der Waals surface area contributed by atoms with E-state index in [1.807, 2.05) is 9.80 Å². The van der Waals surface area contributed by atoms with Gasteiger partial charge in [0.15, 0.2) is 0 Å². The number of amides is 2. The zero-order valence-corrected chi connectivity index (χ0v) is 12.0. The molecule has 2 aliphatic heterocycles. The molecule has 0 atom stereocenters. The van der Waals surface area contributed by atoms with Crippen molar-refractivity contribution < 1.29 is 14.7 Å². The zero-order chi connectivity index (χ0) is 14.5. The number of nitrogens with two attached hydrogens (primary N) is 1. The Kier molecular flexibility index (Phi) is 5.23. The van der Waals surface area contributed by atoms with Crippen LogP contribution in [-0.4, -0.2) is 59.1 Å². The lowest BCUT2D eigenvalue weighted by Crippen LogP contribution is -2.50. The zero-order valence-electron chi connectivity index (χ0n) is 12.0. The normalized spacial score (nSPS) is 22.1. The second-order valence-corrected chi connectivity index (χ2v) is 5.97. The summed E-state index contributed by atoms with van der Waals surface area (Å²) in [5, 5.41) is 8.69. The number of carboxylic acids is 1. The van der Waals surface area contributed by atoms with Crippen LogP contribution in [0.4, 0.5) is 4.79 Å². The summed E-state index contributed by atoms with van der Waals surface area (Å²) in [6, 6.07) is 0.370. The molecular formula is C14H25N3O3. The van der Waals surface area contributed by atoms with Crippen molar-refractivity contribution in [2.75, 3.05) is 26.2 Å². The number of piperidine rings is 2. The second kappa shape index (κ2) is 6.92. The number of rotatable bonds is 3. The Morgan fingerprint density at radius 1 is 1.00 bits per heavy atom. The molecule has 20 heavy (non-hydrogen) atoms. The average molecular weight is 283 g/mol. The monoisotopic (exact) mass is 283 g/mol. The molecular weight excluding hydrogens is 258 g/mol. The van der Waals surface area contributed by atoms with Crippen molar-refractivity contribution in [2.45, 2.75) is 44.6 Å². The minimum atomic E-state index is -0.729. The topological polar surface area (TPSA) is 86.9 Å². The Balaban J connectivity index is 1.73. The van der Waals surface area contributed by atoms with Gasteiger partial charge in [0.05, 0.1) is 0 Å². The summed E-state index contributed by atoms with van der Waals surface area (Å²) in [6.45, 7) is 3.04. The van der Waals surface area contributed by atoms with Crippen molar-refractivity contribution in [3.05, 3.63) is 0 Å². The van der Waals surface area contributed by atoms with Gasteiger partial charge < -0.3 is 20.6 Å². The van der Waals surface area contributed by atoms with E-state index in [0.29, 0.717) is 5.92 Å². The molecule has 0 spiro atoms. The van der Waals surface area contributed by atoms with Crippen LogP contribution in [0, 0.1) is 5.92 Å². The molecule has 2 amide bonds. The molecule has 0 saturated carbocycles. The van der Waals surface area contributed by atoms with E-state index >= 15 is 0 Å². The van der Waals surface area contributed by atoms with Gasteiger partial charge in [0.1, 0.15) is 0 Å². The van der Waals surface area contributed by atoms with E-state index in [1.165, 1.54) is 0 Å². The highest BCUT2D eigenvalue weighted by atomic mass is 16.4. The summed E-state index contributed by atoms with van der Waals surface area (Å²) in [4.78, 5) is 26.7. The smallest absolute Gasteiger partial charge is 0.319 e. The second-order valence-electron chi connectivity index (χ2n) is 5.97. The number of carboxylic acid groups (broad SMARTS) is 1. The summed E-state index contributed by atoms with van der Waals surface area (Å²) < 4.78 is 0. The fourth-order valence-electron chi connectivity index (χ4n) is 3.03. The van der Waals surface area contributed by atoms with Crippen LogP contribution < -0.4 is 5.73 Å². The van der Waals surface area contributed by atoms with Crippen molar-refractivity contribution in [1.29, 1.82) is 0 Å². The number of carbonyl (C=O) groups is 2. The van der Waals surface area contributed by atoms with Crippen LogP contribution in [0.15, 0.2) is 0 Å². The van der Waals surface area contributed by atoms with Crippen LogP contribution in [0.25, 0.3) is 0 Å². The molecule has 0 bridgehead atoms. The highest BCUT2D eigenvalue weighted by Crippen LogP contribution is 2.23. The summed E-state index contributed by atoms with van der Waals surface area (Å²) in [6.07, 6.45) is 4.60. The molecule has 0 aliphatic carbocycles. The van der Waals surface area contributed by atoms with Gasteiger partial charge in [-0.15, -0.1) is 0 Å². The third-order valence-corrected chi connectivity index (χ3v) is 4.46. The fourth-order valence-corrected chi connectivity index (χ4v) is 3.03. The molecule has 6 nitrogen and oxygen atoms in total. The van der Waals surface area contributed by atoms with Crippen LogP contribution in [-0.2, 0) is 4.79 Å². The van der Waals surface area contributed by atoms with E-state index in [0.717, 1.165) is 58.3 Å². The number of likely N-dealkylation sites (tertiary alicyclic amines) is 2. The standard InChI is InChI=1S/C14H25N3O3/c15-12-5-9-17(10-6-12)14(20)16-7-3-11(4-8-16)1-2-13(18)19/h11-12H,1-10,15H2,(H,18,19). The molecule has 3 N–H and O–H groups in total. The van der Waals surface area contributed by atoms with Crippen molar-refractivity contribution >= 4 is 12.0 Å². The number of hydrogen-bond donors (Lipinski definition) is 2. The fraction of sp³-hybridized carbons (Fsp3) is 0.857. The van der Waals surface area contributed by atoms with Gasteiger partial charge in [0.25, 0.3) is 0 Å². The first-order valence-electron chi connectivity index (χ1n) is 7.57. The lowest BCUT2D eigenvalue weighted by Gasteiger charge is -2.38. The first kappa shape index (κ1) is 15.1. The van der Waals surface area contributed by atoms with Gasteiger partial charge in [0.2, 0.25) is 0 Å². The quantitative estimate of drug-likeness (QED) is 0.812. The van der Waals surface area contributed by atoms with Gasteiger partial charge in [-0.3, -0.25) is 4.79 Å². The molecule has 2 heterocycles. The molecule has 0 aromatic rings. The maximum absolute atomic E-state index is 12.3. The molecule has 2 aliphatic rings. The number of nitrogens with zero attached hydrogens (tertiary/aromatic N) is 2. The van der Waals surface area contributed by atoms with Crippen molar-refractivity contribution in [2.24, 2.45) is 11.7 Å². The predicted octanol–water partition coefficient (Wildman–Crippen LogP) is 1.11. The van der Waals surface area contributed by atoms with E-state index in [-0.39, 0.29) is 18.5 Å². The highest BCUT2D eigenvalue weighted by molar-refractivity contribution is 5.74. The number of carbonyl (C=O) groups excluding carboxylic acids is 1. The number of aliphatic carboxylic acids is 1. The molecule has 0 unspecified atom stereocenters. The molecule has 114 valence electrons. The summed E-state index contributed by atoms with van der Waals surface area (Å²) in [5.41, 5.74) is 5.85. The number of urea groups is 1. The van der Waals surface area contributed by atoms with Crippen LogP contribution in [0.5, 0.6) is 0 Å². The Hall–Kier alpha value is -1.30. The molecule has 2 rings (SSSR count). The van der Waals surface area contributed by atoms with Gasteiger partial charge in [-0.05, 0) is 38.0 Å². The Morgan fingerprint density at radius 2 is 1.50 bits per heavy atom. The molecule has 0 aromatic heterocycles. The highest BCUT2D eigenvalue weighted by Gasteiger charge is 2.28. The molecule has 0 radical (unpaired) electrons. The predicted molar refractivity (Wildman–Crippen MR) is 75.3 cm³/mol. The summed E-state index contributed by atoms with van der Waals surface area (Å²) >= 11 is 0. The SMILES string of the molecule is NC1CCN(C(=O)N2CCC(CCC(=O)O)CC2)CC1. The van der Waals surface area contributed by atoms with E-state index in [4.69, 9.17) is 10.8 Å². The van der Waals surface area contributed by atoms with Gasteiger partial charge in [-0.2, -0.15) is 0 Å². The third kappa shape index (κ3) is 4.10. The van der Waals surface area contributed by atoms with Gasteiger partial charge in [-0.25, -0.2) is 4.79 Å². The van der Waals surface area contributed by atoms with Crippen LogP contribution in [0.3, 0.4) is 0 Å². The summed E-state index contributed by atoms with van der Waals surface area (Å²) in [7, 11) is 0. The minimum absolute atomic E-state index is 0.133. The van der Waals surface area contributed by atoms with Crippen LogP contribution in [0.1, 0.15) is 38.5 Å². The lowest BCUT2D eigenvalue weighted by atomic mass is 9.92. The number of hydrogen-bond acceptors (Lipinski definition) is 3. The molecule has 6 heteroatoms. The molecule has 2 fully saturated rings. The Labute approximate surface area is 119 Å². The van der Waals surface area contributed by atoms with E-state index < -0.39 is 5.97 Å². The van der Waals surface area contributed by atoms with Gasteiger partial charge in [0, 0.05) is 38.6 Å². The van der Waals surface area contributed by atoms with Gasteiger partial charge in [-0.1, -0.05) is 0 Å². The van der Waals surface area contributed by atoms with Crippen LogP contribution >= 0.6 is 0 Å². The largest absolute Gasteiger partial charge is 0.481 e. The van der Waals surface area contributed by atoms with Crippen molar-refractivity contribution in [3.63, 3.8) is 0 Å². The molecule has 2 saturated heterocycles. The maximum atomic E-state index is 12.3. The van der Waals surface area contributed by atoms with Crippen molar-refractivity contribution in [3.8, 4) is 0 Å². The average Bonchev–Trinajstić information content (AvgIpc) is 2.46. The van der Waals surface area contributed by atoms with E-state index in [1.54, 1.807) is 0 Å². The Morgan fingerprint density at radius 3 is 2.00 bits per heavy atom. The van der Waals surface area contributed by atoms with E-state index in [9.17, 15) is 9.59 Å². The lowest BCUT2D eigenvalue weighted by molar-refractivity contribution is -0.137.